The van der Waals surface area contributed by atoms with Gasteiger partial charge >= 0.3 is 0 Å². The lowest BCUT2D eigenvalue weighted by molar-refractivity contribution is 0.217. The Morgan fingerprint density at radius 1 is 0.711 bits per heavy atom. The Bertz CT molecular complexity index is 1300. The van der Waals surface area contributed by atoms with Crippen molar-refractivity contribution in [3.63, 3.8) is 0 Å². The maximum absolute atomic E-state index is 2.66. The summed E-state index contributed by atoms with van der Waals surface area (Å²) in [5.41, 5.74) is 17.7. The first-order chi connectivity index (χ1) is 17.4. The van der Waals surface area contributed by atoms with Crippen LogP contribution in [0.15, 0.2) is 47.1 Å². The summed E-state index contributed by atoms with van der Waals surface area (Å²) in [5, 5.41) is 0. The molecule has 38 heavy (non-hydrogen) atoms. The summed E-state index contributed by atoms with van der Waals surface area (Å²) in [6.07, 6.45) is 6.37. The molecule has 204 valence electrons. The average molecular weight is 509 g/mol. The Hall–Kier alpha value is -2.08. The molecule has 0 radical (unpaired) electrons. The molecule has 0 N–H and O–H groups in total. The minimum absolute atomic E-state index is 0.128. The molecule has 1 unspecified atom stereocenters. The van der Waals surface area contributed by atoms with Gasteiger partial charge in [-0.05, 0) is 105 Å². The quantitative estimate of drug-likeness (QED) is 0.378. The van der Waals surface area contributed by atoms with Gasteiger partial charge in [0.05, 0.1) is 0 Å². The second-order valence-corrected chi connectivity index (χ2v) is 16.3. The van der Waals surface area contributed by atoms with Crippen molar-refractivity contribution >= 4 is 0 Å². The predicted octanol–water partition coefficient (Wildman–Crippen LogP) is 11.1. The molecule has 0 amide bonds. The van der Waals surface area contributed by atoms with E-state index in [9.17, 15) is 0 Å². The van der Waals surface area contributed by atoms with Crippen molar-refractivity contribution in [2.75, 3.05) is 0 Å². The zero-order chi connectivity index (χ0) is 28.2. The molecular weight excluding hydrogens is 456 g/mol. The van der Waals surface area contributed by atoms with E-state index in [-0.39, 0.29) is 21.7 Å². The molecule has 0 aromatic heterocycles. The highest BCUT2D eigenvalue weighted by Crippen LogP contribution is 2.66. The maximum atomic E-state index is 2.66. The lowest BCUT2D eigenvalue weighted by Gasteiger charge is -2.43. The molecule has 0 saturated carbocycles. The zero-order valence-electron chi connectivity index (χ0n) is 26.7. The Balaban J connectivity index is 1.83. The maximum Gasteiger partial charge on any atom is 0.0201 e. The molecule has 0 fully saturated rings. The second kappa shape index (κ2) is 8.46. The van der Waals surface area contributed by atoms with E-state index in [1.807, 2.05) is 0 Å². The van der Waals surface area contributed by atoms with Crippen LogP contribution in [0.5, 0.6) is 0 Å². The normalized spacial score (nSPS) is 21.8. The van der Waals surface area contributed by atoms with Crippen molar-refractivity contribution < 1.29 is 0 Å². The van der Waals surface area contributed by atoms with E-state index < -0.39 is 0 Å². The molecule has 0 aliphatic heterocycles. The molecule has 3 aliphatic rings. The fraction of sp³-hybridized carbons (Fsp3) is 0.579. The molecule has 5 rings (SSSR count). The molecular formula is C38H52. The first-order valence-electron chi connectivity index (χ1n) is 15.1. The lowest BCUT2D eigenvalue weighted by atomic mass is 9.60. The van der Waals surface area contributed by atoms with Crippen molar-refractivity contribution in [3.8, 4) is 11.1 Å². The predicted molar refractivity (Wildman–Crippen MR) is 166 cm³/mol. The van der Waals surface area contributed by atoms with Crippen LogP contribution in [0.3, 0.4) is 0 Å². The van der Waals surface area contributed by atoms with E-state index in [1.54, 1.807) is 27.8 Å². The molecule has 0 heterocycles. The summed E-state index contributed by atoms with van der Waals surface area (Å²) in [6, 6.07) is 10.3. The lowest BCUT2D eigenvalue weighted by Crippen LogP contribution is -2.34. The molecule has 1 atom stereocenters. The van der Waals surface area contributed by atoms with Crippen LogP contribution in [-0.2, 0) is 10.8 Å². The average Bonchev–Trinajstić information content (AvgIpc) is 3.41. The van der Waals surface area contributed by atoms with Gasteiger partial charge in [-0.2, -0.15) is 0 Å². The van der Waals surface area contributed by atoms with Crippen molar-refractivity contribution in [3.05, 3.63) is 80.4 Å². The summed E-state index contributed by atoms with van der Waals surface area (Å²) in [4.78, 5) is 0. The van der Waals surface area contributed by atoms with Crippen molar-refractivity contribution in [1.82, 2.24) is 0 Å². The van der Waals surface area contributed by atoms with Gasteiger partial charge in [-0.3, -0.25) is 0 Å². The fourth-order valence-corrected chi connectivity index (χ4v) is 8.29. The minimum Gasteiger partial charge on any atom is -0.0623 e. The van der Waals surface area contributed by atoms with Gasteiger partial charge in [0.1, 0.15) is 0 Å². The SMILES string of the molecule is Cc1cc2c(cc1C(C)(C)C)-c1cc(C(C)(C)C)c(C)cc1C2C1(C(C)C)CCC2=C1C=C(C(C)(C)C)C2. The van der Waals surface area contributed by atoms with Crippen LogP contribution in [0.25, 0.3) is 11.1 Å². The van der Waals surface area contributed by atoms with Gasteiger partial charge in [-0.25, -0.2) is 0 Å². The third-order valence-corrected chi connectivity index (χ3v) is 10.3. The monoisotopic (exact) mass is 508 g/mol. The van der Waals surface area contributed by atoms with Crippen molar-refractivity contribution in [2.24, 2.45) is 16.7 Å². The Kier molecular flexibility index (Phi) is 6.12. The largest absolute Gasteiger partial charge is 0.0623 e. The molecule has 2 aromatic carbocycles. The van der Waals surface area contributed by atoms with E-state index in [1.165, 1.54) is 52.6 Å². The van der Waals surface area contributed by atoms with Gasteiger partial charge in [0, 0.05) is 11.3 Å². The smallest absolute Gasteiger partial charge is 0.0201 e. The van der Waals surface area contributed by atoms with Gasteiger partial charge < -0.3 is 0 Å². The molecule has 0 heteroatoms. The molecule has 0 nitrogen and oxygen atoms in total. The zero-order valence-corrected chi connectivity index (χ0v) is 26.7. The number of allylic oxidation sites excluding steroid dienone is 4. The van der Waals surface area contributed by atoms with Gasteiger partial charge in [-0.15, -0.1) is 0 Å². The summed E-state index contributed by atoms with van der Waals surface area (Å²) in [6.45, 7) is 31.1. The molecule has 0 saturated heterocycles. The van der Waals surface area contributed by atoms with E-state index in [0.29, 0.717) is 11.8 Å². The van der Waals surface area contributed by atoms with Gasteiger partial charge in [0.25, 0.3) is 0 Å². The molecule has 0 spiro atoms. The highest BCUT2D eigenvalue weighted by Gasteiger charge is 2.53. The van der Waals surface area contributed by atoms with Gasteiger partial charge in [0.15, 0.2) is 0 Å². The second-order valence-electron chi connectivity index (χ2n) is 16.3. The van der Waals surface area contributed by atoms with Crippen molar-refractivity contribution in [2.45, 2.75) is 126 Å². The third kappa shape index (κ3) is 4.00. The number of hydrogen-bond acceptors (Lipinski definition) is 0. The topological polar surface area (TPSA) is 0 Å². The summed E-state index contributed by atoms with van der Waals surface area (Å²) in [7, 11) is 0. The van der Waals surface area contributed by atoms with Gasteiger partial charge in [0.2, 0.25) is 0 Å². The summed E-state index contributed by atoms with van der Waals surface area (Å²) < 4.78 is 0. The van der Waals surface area contributed by atoms with Crippen molar-refractivity contribution in [1.29, 1.82) is 0 Å². The standard InChI is InChI=1S/C38H52/c1-22(2)38(15-14-25-18-26(19-33(25)38)35(5,6)7)34-29-16-23(3)31(36(8,9)10)20-27(29)28-21-32(37(11,12)13)24(4)17-30(28)34/h16-17,19-22,34H,14-15,18H2,1-13H3. The number of aryl methyl sites for hydroxylation is 2. The Morgan fingerprint density at radius 3 is 1.58 bits per heavy atom. The number of rotatable bonds is 2. The van der Waals surface area contributed by atoms with Crippen LogP contribution in [0.2, 0.25) is 0 Å². The van der Waals surface area contributed by atoms with E-state index in [2.05, 4.69) is 120 Å². The van der Waals surface area contributed by atoms with E-state index in [0.717, 1.165) is 0 Å². The molecule has 2 aromatic rings. The number of hydrogen-bond donors (Lipinski definition) is 0. The number of benzene rings is 2. The van der Waals surface area contributed by atoms with Crippen LogP contribution < -0.4 is 0 Å². The Labute approximate surface area is 234 Å². The molecule has 0 bridgehead atoms. The third-order valence-electron chi connectivity index (χ3n) is 10.3. The van der Waals surface area contributed by atoms with Crippen LogP contribution in [0.1, 0.15) is 135 Å². The van der Waals surface area contributed by atoms with Crippen LogP contribution >= 0.6 is 0 Å². The fourth-order valence-electron chi connectivity index (χ4n) is 8.29. The Morgan fingerprint density at radius 2 is 1.18 bits per heavy atom. The highest BCUT2D eigenvalue weighted by atomic mass is 14.6. The summed E-state index contributed by atoms with van der Waals surface area (Å²) >= 11 is 0. The van der Waals surface area contributed by atoms with E-state index in [4.69, 9.17) is 0 Å². The summed E-state index contributed by atoms with van der Waals surface area (Å²) in [5.74, 6) is 0.982. The van der Waals surface area contributed by atoms with Crippen LogP contribution in [0, 0.1) is 30.6 Å². The van der Waals surface area contributed by atoms with Crippen LogP contribution in [-0.4, -0.2) is 0 Å². The first-order valence-corrected chi connectivity index (χ1v) is 15.1. The van der Waals surface area contributed by atoms with Crippen LogP contribution in [0.4, 0.5) is 0 Å². The number of fused-ring (bicyclic) bond motifs is 3. The van der Waals surface area contributed by atoms with Gasteiger partial charge in [-0.1, -0.05) is 118 Å². The first kappa shape index (κ1) is 27.5. The minimum atomic E-state index is 0.128. The van der Waals surface area contributed by atoms with E-state index >= 15 is 0 Å². The molecule has 3 aliphatic carbocycles. The highest BCUT2D eigenvalue weighted by molar-refractivity contribution is 5.82.